The number of aliphatic hydroxyl groups is 1. The minimum atomic E-state index is -0.359. The predicted molar refractivity (Wildman–Crippen MR) is 73.5 cm³/mol. The number of benzene rings is 1. The standard InChI is InChI=1S/C12H8Cl3NO2/c13-6-3-9(11(15)10(14)4-6)8-2-1-7(5-17)16-12(8)18/h1-4,17H,5H2,(H,16,18). The molecule has 1 aromatic heterocycles. The van der Waals surface area contributed by atoms with Gasteiger partial charge in [0.25, 0.3) is 5.56 Å². The van der Waals surface area contributed by atoms with Crippen LogP contribution in [-0.2, 0) is 6.61 Å². The van der Waals surface area contributed by atoms with Crippen LogP contribution in [-0.4, -0.2) is 10.1 Å². The maximum atomic E-state index is 11.9. The van der Waals surface area contributed by atoms with Gasteiger partial charge >= 0.3 is 0 Å². The van der Waals surface area contributed by atoms with Crippen LogP contribution in [0.3, 0.4) is 0 Å². The van der Waals surface area contributed by atoms with E-state index in [0.29, 0.717) is 21.8 Å². The number of H-pyrrole nitrogens is 1. The Hall–Kier alpha value is -1.000. The van der Waals surface area contributed by atoms with Gasteiger partial charge in [-0.05, 0) is 24.3 Å². The topological polar surface area (TPSA) is 53.1 Å². The van der Waals surface area contributed by atoms with E-state index in [1.54, 1.807) is 18.2 Å². The molecular weight excluding hydrogens is 296 g/mol. The van der Waals surface area contributed by atoms with Gasteiger partial charge in [0, 0.05) is 21.8 Å². The van der Waals surface area contributed by atoms with Crippen LogP contribution in [0, 0.1) is 0 Å². The molecule has 0 aliphatic heterocycles. The van der Waals surface area contributed by atoms with Crippen LogP contribution in [0.25, 0.3) is 11.1 Å². The molecule has 6 heteroatoms. The van der Waals surface area contributed by atoms with E-state index < -0.39 is 0 Å². The van der Waals surface area contributed by atoms with Gasteiger partial charge in [-0.2, -0.15) is 0 Å². The molecule has 0 fully saturated rings. The van der Waals surface area contributed by atoms with Gasteiger partial charge in [0.2, 0.25) is 0 Å². The summed E-state index contributed by atoms with van der Waals surface area (Å²) in [5.74, 6) is 0. The zero-order valence-corrected chi connectivity index (χ0v) is 11.3. The Morgan fingerprint density at radius 3 is 2.44 bits per heavy atom. The Bertz CT molecular complexity index is 652. The Balaban J connectivity index is 2.66. The highest BCUT2D eigenvalue weighted by molar-refractivity contribution is 6.45. The van der Waals surface area contributed by atoms with Crippen LogP contribution in [0.5, 0.6) is 0 Å². The smallest absolute Gasteiger partial charge is 0.256 e. The van der Waals surface area contributed by atoms with Gasteiger partial charge in [0.15, 0.2) is 0 Å². The van der Waals surface area contributed by atoms with Gasteiger partial charge in [0.1, 0.15) is 0 Å². The fourth-order valence-corrected chi connectivity index (χ4v) is 2.28. The second kappa shape index (κ2) is 5.33. The van der Waals surface area contributed by atoms with Gasteiger partial charge < -0.3 is 10.1 Å². The minimum absolute atomic E-state index is 0.237. The van der Waals surface area contributed by atoms with Crippen molar-refractivity contribution in [2.45, 2.75) is 6.61 Å². The molecule has 0 radical (unpaired) electrons. The zero-order chi connectivity index (χ0) is 13.3. The molecule has 0 spiro atoms. The number of aromatic amines is 1. The van der Waals surface area contributed by atoms with Gasteiger partial charge in [-0.3, -0.25) is 4.79 Å². The van der Waals surface area contributed by atoms with Crippen LogP contribution < -0.4 is 5.56 Å². The highest BCUT2D eigenvalue weighted by Crippen LogP contribution is 2.35. The number of pyridine rings is 1. The molecule has 0 saturated heterocycles. The van der Waals surface area contributed by atoms with Crippen molar-refractivity contribution in [1.29, 1.82) is 0 Å². The summed E-state index contributed by atoms with van der Waals surface area (Å²) >= 11 is 17.9. The van der Waals surface area contributed by atoms with Crippen molar-refractivity contribution in [3.8, 4) is 11.1 Å². The van der Waals surface area contributed by atoms with Gasteiger partial charge in [-0.25, -0.2) is 0 Å². The normalized spacial score (nSPS) is 10.7. The van der Waals surface area contributed by atoms with E-state index in [1.165, 1.54) is 6.07 Å². The van der Waals surface area contributed by atoms with Crippen LogP contribution in [0.1, 0.15) is 5.69 Å². The number of aliphatic hydroxyl groups excluding tert-OH is 1. The van der Waals surface area contributed by atoms with E-state index in [9.17, 15) is 4.79 Å². The van der Waals surface area contributed by atoms with Crippen molar-refractivity contribution in [3.05, 3.63) is 55.4 Å². The average molecular weight is 305 g/mol. The highest BCUT2D eigenvalue weighted by Gasteiger charge is 2.12. The molecule has 18 heavy (non-hydrogen) atoms. The largest absolute Gasteiger partial charge is 0.390 e. The third-order valence-electron chi connectivity index (χ3n) is 2.42. The van der Waals surface area contributed by atoms with Crippen molar-refractivity contribution in [2.75, 3.05) is 0 Å². The lowest BCUT2D eigenvalue weighted by molar-refractivity contribution is 0.276. The lowest BCUT2D eigenvalue weighted by atomic mass is 10.1. The predicted octanol–water partition coefficient (Wildman–Crippen LogP) is 3.49. The molecule has 1 heterocycles. The number of hydrogen-bond donors (Lipinski definition) is 2. The summed E-state index contributed by atoms with van der Waals surface area (Å²) in [6.45, 7) is -0.237. The molecule has 2 rings (SSSR count). The Morgan fingerprint density at radius 1 is 1.11 bits per heavy atom. The molecule has 0 bridgehead atoms. The Morgan fingerprint density at radius 2 is 1.83 bits per heavy atom. The second-order valence-corrected chi connectivity index (χ2v) is 4.86. The lowest BCUT2D eigenvalue weighted by Crippen LogP contribution is -2.11. The maximum Gasteiger partial charge on any atom is 0.256 e. The summed E-state index contributed by atoms with van der Waals surface area (Å²) in [6.07, 6.45) is 0. The molecule has 0 amide bonds. The number of nitrogens with one attached hydrogen (secondary N) is 1. The SMILES string of the molecule is O=c1[nH]c(CO)ccc1-c1cc(Cl)cc(Cl)c1Cl. The van der Waals surface area contributed by atoms with Crippen LogP contribution in [0.15, 0.2) is 29.1 Å². The number of hydrogen-bond acceptors (Lipinski definition) is 2. The van der Waals surface area contributed by atoms with Crippen LogP contribution in [0.2, 0.25) is 15.1 Å². The van der Waals surface area contributed by atoms with Crippen LogP contribution >= 0.6 is 34.8 Å². The molecule has 0 aliphatic rings. The summed E-state index contributed by atoms with van der Waals surface area (Å²) in [4.78, 5) is 14.4. The van der Waals surface area contributed by atoms with Crippen molar-refractivity contribution >= 4 is 34.8 Å². The Kier molecular flexibility index (Phi) is 3.97. The van der Waals surface area contributed by atoms with Crippen LogP contribution in [0.4, 0.5) is 0 Å². The number of rotatable bonds is 2. The second-order valence-electron chi connectivity index (χ2n) is 3.63. The first-order chi connectivity index (χ1) is 8.52. The summed E-state index contributed by atoms with van der Waals surface area (Å²) in [6, 6.07) is 6.24. The van der Waals surface area contributed by atoms with E-state index in [-0.39, 0.29) is 22.2 Å². The molecule has 94 valence electrons. The first-order valence-electron chi connectivity index (χ1n) is 5.01. The fraction of sp³-hybridized carbons (Fsp3) is 0.0833. The van der Waals surface area contributed by atoms with E-state index in [2.05, 4.69) is 4.98 Å². The maximum absolute atomic E-state index is 11.9. The third-order valence-corrected chi connectivity index (χ3v) is 3.44. The van der Waals surface area contributed by atoms with E-state index in [0.717, 1.165) is 0 Å². The molecule has 2 aromatic rings. The number of halogens is 3. The highest BCUT2D eigenvalue weighted by atomic mass is 35.5. The minimum Gasteiger partial charge on any atom is -0.390 e. The van der Waals surface area contributed by atoms with Crippen molar-refractivity contribution in [2.24, 2.45) is 0 Å². The van der Waals surface area contributed by atoms with Crippen molar-refractivity contribution in [1.82, 2.24) is 4.98 Å². The van der Waals surface area contributed by atoms with Gasteiger partial charge in [0.05, 0.1) is 16.7 Å². The summed E-state index contributed by atoms with van der Waals surface area (Å²) < 4.78 is 0. The van der Waals surface area contributed by atoms with Gasteiger partial charge in [-0.1, -0.05) is 34.8 Å². The molecule has 0 saturated carbocycles. The zero-order valence-electron chi connectivity index (χ0n) is 9.01. The molecular formula is C12H8Cl3NO2. The van der Waals surface area contributed by atoms with E-state index in [1.807, 2.05) is 0 Å². The molecule has 0 atom stereocenters. The molecule has 1 aromatic carbocycles. The average Bonchev–Trinajstić information content (AvgIpc) is 2.34. The first kappa shape index (κ1) is 13.4. The third kappa shape index (κ3) is 2.54. The van der Waals surface area contributed by atoms with Crippen molar-refractivity contribution in [3.63, 3.8) is 0 Å². The fourth-order valence-electron chi connectivity index (χ4n) is 1.57. The monoisotopic (exact) mass is 303 g/mol. The summed E-state index contributed by atoms with van der Waals surface area (Å²) in [5, 5.41) is 9.87. The summed E-state index contributed by atoms with van der Waals surface area (Å²) in [5.41, 5.74) is 0.872. The molecule has 0 unspecified atom stereocenters. The van der Waals surface area contributed by atoms with E-state index >= 15 is 0 Å². The number of aromatic nitrogens is 1. The lowest BCUT2D eigenvalue weighted by Gasteiger charge is -2.07. The summed E-state index contributed by atoms with van der Waals surface area (Å²) in [7, 11) is 0. The van der Waals surface area contributed by atoms with Gasteiger partial charge in [-0.15, -0.1) is 0 Å². The van der Waals surface area contributed by atoms with E-state index in [4.69, 9.17) is 39.9 Å². The first-order valence-corrected chi connectivity index (χ1v) is 6.14. The quantitative estimate of drug-likeness (QED) is 0.834. The molecule has 0 aliphatic carbocycles. The van der Waals surface area contributed by atoms with Crippen molar-refractivity contribution < 1.29 is 5.11 Å². The Labute approximate surface area is 118 Å². The molecule has 2 N–H and O–H groups in total. The molecule has 3 nitrogen and oxygen atoms in total.